The molecule has 2 aliphatic heterocycles. The summed E-state index contributed by atoms with van der Waals surface area (Å²) in [6.45, 7) is 4.13. The van der Waals surface area contributed by atoms with Crippen molar-refractivity contribution in [1.29, 1.82) is 0 Å². The van der Waals surface area contributed by atoms with Crippen LogP contribution in [0.1, 0.15) is 5.56 Å². The second kappa shape index (κ2) is 5.68. The van der Waals surface area contributed by atoms with Crippen molar-refractivity contribution in [1.82, 2.24) is 9.80 Å². The Balaban J connectivity index is 0.00000120. The Morgan fingerprint density at radius 1 is 1.17 bits per heavy atom. The van der Waals surface area contributed by atoms with Gasteiger partial charge in [-0.1, -0.05) is 42.0 Å². The molecule has 0 unspecified atom stereocenters. The van der Waals surface area contributed by atoms with Crippen LogP contribution >= 0.6 is 24.0 Å². The Kier molecular flexibility index (Phi) is 4.20. The molecule has 0 atom stereocenters. The molecule has 2 heterocycles. The van der Waals surface area contributed by atoms with Gasteiger partial charge in [-0.05, 0) is 17.7 Å². The highest BCUT2D eigenvalue weighted by Gasteiger charge is 2.24. The summed E-state index contributed by atoms with van der Waals surface area (Å²) < 4.78 is 0. The number of hydrogen-bond donors (Lipinski definition) is 0. The fourth-order valence-electron chi connectivity index (χ4n) is 2.40. The van der Waals surface area contributed by atoms with Gasteiger partial charge < -0.3 is 9.80 Å². The van der Waals surface area contributed by atoms with Crippen molar-refractivity contribution in [2.45, 2.75) is 6.54 Å². The van der Waals surface area contributed by atoms with E-state index in [2.05, 4.69) is 34.1 Å². The Morgan fingerprint density at radius 2 is 2.00 bits per heavy atom. The summed E-state index contributed by atoms with van der Waals surface area (Å²) in [6.07, 6.45) is 6.52. The van der Waals surface area contributed by atoms with Gasteiger partial charge in [0.05, 0.1) is 0 Å². The van der Waals surface area contributed by atoms with Crippen LogP contribution in [-0.4, -0.2) is 29.4 Å². The van der Waals surface area contributed by atoms with Crippen molar-refractivity contribution in [2.75, 3.05) is 19.6 Å². The van der Waals surface area contributed by atoms with Crippen LogP contribution in [0.25, 0.3) is 0 Å². The second-order valence-corrected chi connectivity index (χ2v) is 4.82. The van der Waals surface area contributed by atoms with E-state index in [1.807, 2.05) is 18.2 Å². The van der Waals surface area contributed by atoms with Crippen molar-refractivity contribution >= 4 is 24.0 Å². The Labute approximate surface area is 119 Å². The number of halogens is 2. The van der Waals surface area contributed by atoms with Crippen molar-refractivity contribution in [3.63, 3.8) is 0 Å². The summed E-state index contributed by atoms with van der Waals surface area (Å²) in [4.78, 5) is 4.79. The minimum absolute atomic E-state index is 0. The van der Waals surface area contributed by atoms with E-state index >= 15 is 0 Å². The molecule has 1 aromatic carbocycles. The maximum absolute atomic E-state index is 6.20. The van der Waals surface area contributed by atoms with Gasteiger partial charge in [0.15, 0.2) is 0 Å². The van der Waals surface area contributed by atoms with Crippen LogP contribution in [0.15, 0.2) is 48.3 Å². The van der Waals surface area contributed by atoms with E-state index in [1.165, 1.54) is 11.4 Å². The molecule has 1 fully saturated rings. The zero-order valence-electron chi connectivity index (χ0n) is 10.1. The predicted molar refractivity (Wildman–Crippen MR) is 77.9 cm³/mol. The van der Waals surface area contributed by atoms with Crippen molar-refractivity contribution in [3.05, 3.63) is 58.9 Å². The Morgan fingerprint density at radius 3 is 2.83 bits per heavy atom. The summed E-state index contributed by atoms with van der Waals surface area (Å²) in [5, 5.41) is 0.859. The van der Waals surface area contributed by atoms with Gasteiger partial charge in [-0.25, -0.2) is 0 Å². The van der Waals surface area contributed by atoms with Gasteiger partial charge in [0, 0.05) is 31.2 Å². The molecule has 0 amide bonds. The number of fused-ring (bicyclic) bond motifs is 1. The van der Waals surface area contributed by atoms with Crippen LogP contribution in [0.5, 0.6) is 0 Å². The molecule has 2 aliphatic rings. The second-order valence-electron chi connectivity index (χ2n) is 4.41. The highest BCUT2D eigenvalue weighted by Crippen LogP contribution is 2.25. The Bertz CT molecular complexity index is 482. The molecule has 0 N–H and O–H groups in total. The minimum atomic E-state index is 0. The molecule has 0 bridgehead atoms. The highest BCUT2D eigenvalue weighted by molar-refractivity contribution is 6.31. The lowest BCUT2D eigenvalue weighted by molar-refractivity contribution is 0.344. The number of allylic oxidation sites excluding steroid dienone is 2. The first-order valence-corrected chi connectivity index (χ1v) is 6.32. The van der Waals surface area contributed by atoms with Gasteiger partial charge in [0.1, 0.15) is 5.82 Å². The maximum Gasteiger partial charge on any atom is 0.105 e. The summed E-state index contributed by atoms with van der Waals surface area (Å²) in [5.41, 5.74) is 1.20. The molecule has 1 saturated heterocycles. The van der Waals surface area contributed by atoms with Gasteiger partial charge in [0.25, 0.3) is 0 Å². The zero-order chi connectivity index (χ0) is 11.7. The molecular weight excluding hydrogens is 267 g/mol. The van der Waals surface area contributed by atoms with Crippen LogP contribution in [0.3, 0.4) is 0 Å². The van der Waals surface area contributed by atoms with Gasteiger partial charge in [-0.3, -0.25) is 0 Å². The lowest BCUT2D eigenvalue weighted by atomic mass is 10.2. The first kappa shape index (κ1) is 13.3. The summed E-state index contributed by atoms with van der Waals surface area (Å²) in [5.74, 6) is 1.33. The molecule has 0 saturated carbocycles. The predicted octanol–water partition coefficient (Wildman–Crippen LogP) is 3.29. The molecule has 0 radical (unpaired) electrons. The van der Waals surface area contributed by atoms with Gasteiger partial charge in [0.2, 0.25) is 0 Å². The van der Waals surface area contributed by atoms with Crippen LogP contribution in [0, 0.1) is 0 Å². The highest BCUT2D eigenvalue weighted by atomic mass is 35.5. The topological polar surface area (TPSA) is 6.48 Å². The molecule has 4 heteroatoms. The van der Waals surface area contributed by atoms with Gasteiger partial charge >= 0.3 is 0 Å². The smallest absolute Gasteiger partial charge is 0.105 e. The normalized spacial score (nSPS) is 17.3. The number of benzene rings is 1. The first-order valence-electron chi connectivity index (χ1n) is 5.95. The average Bonchev–Trinajstić information content (AvgIpc) is 2.76. The van der Waals surface area contributed by atoms with Crippen molar-refractivity contribution in [2.24, 2.45) is 0 Å². The number of rotatable bonds is 2. The maximum atomic E-state index is 6.20. The molecular formula is C14H16Cl2N2. The van der Waals surface area contributed by atoms with E-state index in [9.17, 15) is 0 Å². The summed E-state index contributed by atoms with van der Waals surface area (Å²) in [6, 6.07) is 8.08. The van der Waals surface area contributed by atoms with E-state index in [0.717, 1.165) is 31.2 Å². The third-order valence-corrected chi connectivity index (χ3v) is 3.68. The molecule has 0 aromatic heterocycles. The lowest BCUT2D eigenvalue weighted by Gasteiger charge is -2.26. The van der Waals surface area contributed by atoms with E-state index < -0.39 is 0 Å². The van der Waals surface area contributed by atoms with E-state index in [-0.39, 0.29) is 12.4 Å². The van der Waals surface area contributed by atoms with E-state index in [4.69, 9.17) is 11.6 Å². The fraction of sp³-hybridized carbons (Fsp3) is 0.286. The van der Waals surface area contributed by atoms with Gasteiger partial charge in [-0.2, -0.15) is 0 Å². The standard InChI is InChI=1S/C14H15ClN2.ClH/c15-13-6-2-1-5-12(13)11-17-10-9-16-8-4-3-7-14(16)17;/h1-7H,8-11H2;1H. The largest absolute Gasteiger partial charge is 0.353 e. The van der Waals surface area contributed by atoms with Crippen LogP contribution in [0.4, 0.5) is 0 Å². The monoisotopic (exact) mass is 282 g/mol. The minimum Gasteiger partial charge on any atom is -0.353 e. The lowest BCUT2D eigenvalue weighted by Crippen LogP contribution is -2.24. The van der Waals surface area contributed by atoms with E-state index in [1.54, 1.807) is 0 Å². The van der Waals surface area contributed by atoms with Crippen molar-refractivity contribution < 1.29 is 0 Å². The molecule has 18 heavy (non-hydrogen) atoms. The number of nitrogens with zero attached hydrogens (tertiary/aromatic N) is 2. The van der Waals surface area contributed by atoms with Crippen LogP contribution < -0.4 is 0 Å². The fourth-order valence-corrected chi connectivity index (χ4v) is 2.60. The Hall–Kier alpha value is -1.12. The first-order chi connectivity index (χ1) is 8.34. The van der Waals surface area contributed by atoms with Gasteiger partial charge in [-0.15, -0.1) is 12.4 Å². The SMILES string of the molecule is Cl.Clc1ccccc1CN1CCN2CC=CC=C21. The summed E-state index contributed by atoms with van der Waals surface area (Å²) >= 11 is 6.20. The number of hydrogen-bond acceptors (Lipinski definition) is 2. The third-order valence-electron chi connectivity index (χ3n) is 3.31. The van der Waals surface area contributed by atoms with Crippen LogP contribution in [-0.2, 0) is 6.54 Å². The quantitative estimate of drug-likeness (QED) is 0.821. The zero-order valence-corrected chi connectivity index (χ0v) is 11.6. The molecule has 2 nitrogen and oxygen atoms in total. The van der Waals surface area contributed by atoms with Crippen LogP contribution in [0.2, 0.25) is 5.02 Å². The van der Waals surface area contributed by atoms with E-state index in [0.29, 0.717) is 0 Å². The third kappa shape index (κ3) is 2.50. The summed E-state index contributed by atoms with van der Waals surface area (Å²) in [7, 11) is 0. The molecule has 1 aromatic rings. The molecule has 3 rings (SSSR count). The average molecular weight is 283 g/mol. The molecule has 96 valence electrons. The molecule has 0 spiro atoms. The van der Waals surface area contributed by atoms with Crippen molar-refractivity contribution in [3.8, 4) is 0 Å². The molecule has 0 aliphatic carbocycles.